The summed E-state index contributed by atoms with van der Waals surface area (Å²) >= 11 is 7.20. The second-order valence-corrected chi connectivity index (χ2v) is 4.78. The summed E-state index contributed by atoms with van der Waals surface area (Å²) in [5, 5.41) is 3.24. The Bertz CT molecular complexity index is 495. The van der Waals surface area contributed by atoms with Crippen LogP contribution in [0.3, 0.4) is 0 Å². The number of rotatable bonds is 5. The first kappa shape index (κ1) is 12.2. The maximum Gasteiger partial charge on any atom is 0.169 e. The van der Waals surface area contributed by atoms with Crippen molar-refractivity contribution in [1.82, 2.24) is 4.98 Å². The van der Waals surface area contributed by atoms with Crippen molar-refractivity contribution < 1.29 is 9.53 Å². The predicted molar refractivity (Wildman–Crippen MR) is 67.4 cm³/mol. The molecule has 0 N–H and O–H groups in total. The smallest absolute Gasteiger partial charge is 0.169 e. The highest BCUT2D eigenvalue weighted by Crippen LogP contribution is 2.13. The lowest BCUT2D eigenvalue weighted by molar-refractivity contribution is 0.106. The molecule has 0 amide bonds. The average Bonchev–Trinajstić information content (AvgIpc) is 2.80. The van der Waals surface area contributed by atoms with Crippen molar-refractivity contribution in [2.45, 2.75) is 13.2 Å². The van der Waals surface area contributed by atoms with Crippen molar-refractivity contribution in [3.8, 4) is 0 Å². The second kappa shape index (κ2) is 5.91. The van der Waals surface area contributed by atoms with E-state index in [1.165, 1.54) is 11.3 Å². The first-order valence-electron chi connectivity index (χ1n) is 4.99. The average molecular weight is 268 g/mol. The van der Waals surface area contributed by atoms with Gasteiger partial charge in [-0.15, -0.1) is 11.3 Å². The van der Waals surface area contributed by atoms with Gasteiger partial charge in [0.25, 0.3) is 0 Å². The fourth-order valence-corrected chi connectivity index (χ4v) is 2.08. The Morgan fingerprint density at radius 3 is 2.71 bits per heavy atom. The fourth-order valence-electron chi connectivity index (χ4n) is 1.28. The van der Waals surface area contributed by atoms with Crippen molar-refractivity contribution in [2.24, 2.45) is 0 Å². The van der Waals surface area contributed by atoms with Crippen LogP contribution in [0, 0.1) is 0 Å². The van der Waals surface area contributed by atoms with Crippen LogP contribution in [-0.2, 0) is 18.0 Å². The fraction of sp³-hybridized carbons (Fsp3) is 0.167. The van der Waals surface area contributed by atoms with E-state index in [1.54, 1.807) is 5.38 Å². The highest BCUT2D eigenvalue weighted by Gasteiger charge is 2.01. The summed E-state index contributed by atoms with van der Waals surface area (Å²) in [7, 11) is 0. The van der Waals surface area contributed by atoms with Gasteiger partial charge in [-0.25, -0.2) is 4.98 Å². The summed E-state index contributed by atoms with van der Waals surface area (Å²) in [5.74, 6) is 0. The van der Waals surface area contributed by atoms with E-state index in [4.69, 9.17) is 16.3 Å². The molecular formula is C12H10ClNO2S. The van der Waals surface area contributed by atoms with E-state index in [1.807, 2.05) is 24.3 Å². The van der Waals surface area contributed by atoms with E-state index < -0.39 is 0 Å². The number of ether oxygens (including phenoxy) is 1. The lowest BCUT2D eigenvalue weighted by Gasteiger charge is -2.02. The molecule has 0 fully saturated rings. The molecule has 88 valence electrons. The number of benzene rings is 1. The quantitative estimate of drug-likeness (QED) is 0.780. The molecule has 0 atom stereocenters. The van der Waals surface area contributed by atoms with Crippen molar-refractivity contribution in [1.29, 1.82) is 0 Å². The third-order valence-corrected chi connectivity index (χ3v) is 3.19. The lowest BCUT2D eigenvalue weighted by Crippen LogP contribution is -1.94. The highest BCUT2D eigenvalue weighted by atomic mass is 35.5. The summed E-state index contributed by atoms with van der Waals surface area (Å²) in [6, 6.07) is 7.49. The molecule has 1 aromatic heterocycles. The zero-order chi connectivity index (χ0) is 12.1. The second-order valence-electron chi connectivity index (χ2n) is 3.40. The molecule has 0 aliphatic rings. The van der Waals surface area contributed by atoms with Crippen LogP contribution in [0.5, 0.6) is 0 Å². The van der Waals surface area contributed by atoms with Gasteiger partial charge in [0, 0.05) is 10.4 Å². The van der Waals surface area contributed by atoms with Crippen LogP contribution in [0.1, 0.15) is 21.1 Å². The van der Waals surface area contributed by atoms with Gasteiger partial charge in [0.1, 0.15) is 10.7 Å². The predicted octanol–water partition coefficient (Wildman–Crippen LogP) is 3.33. The lowest BCUT2D eigenvalue weighted by atomic mass is 10.2. The summed E-state index contributed by atoms with van der Waals surface area (Å²) in [4.78, 5) is 14.5. The topological polar surface area (TPSA) is 39.2 Å². The van der Waals surface area contributed by atoms with Crippen molar-refractivity contribution in [3.05, 3.63) is 50.9 Å². The van der Waals surface area contributed by atoms with Crippen LogP contribution in [-0.4, -0.2) is 11.3 Å². The third kappa shape index (κ3) is 3.63. The Labute approximate surface area is 108 Å². The SMILES string of the molecule is O=Cc1csc(COCc2ccc(Cl)cc2)n1. The minimum Gasteiger partial charge on any atom is -0.370 e. The van der Waals surface area contributed by atoms with Gasteiger partial charge in [0.2, 0.25) is 0 Å². The van der Waals surface area contributed by atoms with Gasteiger partial charge >= 0.3 is 0 Å². The molecule has 0 saturated carbocycles. The number of aromatic nitrogens is 1. The number of halogens is 1. The molecule has 0 bridgehead atoms. The molecule has 1 heterocycles. The number of hydrogen-bond donors (Lipinski definition) is 0. The summed E-state index contributed by atoms with van der Waals surface area (Å²) in [6.07, 6.45) is 0.735. The molecule has 17 heavy (non-hydrogen) atoms. The van der Waals surface area contributed by atoms with Crippen LogP contribution in [0.2, 0.25) is 5.02 Å². The largest absolute Gasteiger partial charge is 0.370 e. The summed E-state index contributed by atoms with van der Waals surface area (Å²) in [5.41, 5.74) is 1.52. The van der Waals surface area contributed by atoms with Gasteiger partial charge in [0.05, 0.1) is 13.2 Å². The van der Waals surface area contributed by atoms with Crippen LogP contribution < -0.4 is 0 Å². The molecule has 3 nitrogen and oxygen atoms in total. The maximum atomic E-state index is 10.4. The van der Waals surface area contributed by atoms with E-state index >= 15 is 0 Å². The Hall–Kier alpha value is -1.23. The van der Waals surface area contributed by atoms with Crippen LogP contribution >= 0.6 is 22.9 Å². The normalized spacial score (nSPS) is 10.4. The number of aldehydes is 1. The first-order chi connectivity index (χ1) is 8.28. The highest BCUT2D eigenvalue weighted by molar-refractivity contribution is 7.09. The molecule has 0 radical (unpaired) electrons. The van der Waals surface area contributed by atoms with Crippen molar-refractivity contribution in [2.75, 3.05) is 0 Å². The van der Waals surface area contributed by atoms with Gasteiger partial charge < -0.3 is 4.74 Å². The van der Waals surface area contributed by atoms with E-state index in [0.717, 1.165) is 16.9 Å². The number of nitrogens with zero attached hydrogens (tertiary/aromatic N) is 1. The van der Waals surface area contributed by atoms with Crippen LogP contribution in [0.15, 0.2) is 29.6 Å². The molecule has 0 saturated heterocycles. The van der Waals surface area contributed by atoms with Gasteiger partial charge in [-0.05, 0) is 17.7 Å². The monoisotopic (exact) mass is 267 g/mol. The molecule has 2 rings (SSSR count). The van der Waals surface area contributed by atoms with Crippen molar-refractivity contribution in [3.63, 3.8) is 0 Å². The zero-order valence-corrected chi connectivity index (χ0v) is 10.5. The zero-order valence-electron chi connectivity index (χ0n) is 8.93. The number of hydrogen-bond acceptors (Lipinski definition) is 4. The van der Waals surface area contributed by atoms with E-state index in [2.05, 4.69) is 4.98 Å². The van der Waals surface area contributed by atoms with Gasteiger partial charge in [0.15, 0.2) is 6.29 Å². The molecule has 1 aromatic carbocycles. The Morgan fingerprint density at radius 1 is 1.29 bits per heavy atom. The molecular weight excluding hydrogens is 258 g/mol. The Kier molecular flexibility index (Phi) is 4.25. The summed E-state index contributed by atoms with van der Waals surface area (Å²) < 4.78 is 5.49. The van der Waals surface area contributed by atoms with Crippen LogP contribution in [0.25, 0.3) is 0 Å². The minimum atomic E-state index is 0.418. The van der Waals surface area contributed by atoms with E-state index in [-0.39, 0.29) is 0 Å². The van der Waals surface area contributed by atoms with Gasteiger partial charge in [-0.2, -0.15) is 0 Å². The van der Waals surface area contributed by atoms with Gasteiger partial charge in [-0.3, -0.25) is 4.79 Å². The van der Waals surface area contributed by atoms with Gasteiger partial charge in [-0.1, -0.05) is 23.7 Å². The molecule has 0 spiro atoms. The Balaban J connectivity index is 1.83. The molecule has 0 unspecified atom stereocenters. The molecule has 0 aliphatic heterocycles. The minimum absolute atomic E-state index is 0.418. The van der Waals surface area contributed by atoms with E-state index in [9.17, 15) is 4.79 Å². The Morgan fingerprint density at radius 2 is 2.06 bits per heavy atom. The van der Waals surface area contributed by atoms with E-state index in [0.29, 0.717) is 23.9 Å². The first-order valence-corrected chi connectivity index (χ1v) is 6.25. The molecule has 0 aliphatic carbocycles. The molecule has 2 aromatic rings. The number of carbonyl (C=O) groups excluding carboxylic acids is 1. The third-order valence-electron chi connectivity index (χ3n) is 2.10. The van der Waals surface area contributed by atoms with Crippen LogP contribution in [0.4, 0.5) is 0 Å². The molecule has 5 heteroatoms. The standard InChI is InChI=1S/C12H10ClNO2S/c13-10-3-1-9(2-4-10)6-16-7-12-14-11(5-15)8-17-12/h1-5,8H,6-7H2. The summed E-state index contributed by atoms with van der Waals surface area (Å²) in [6.45, 7) is 0.925. The maximum absolute atomic E-state index is 10.4. The van der Waals surface area contributed by atoms with Crippen molar-refractivity contribution >= 4 is 29.2 Å². The number of thiazole rings is 1. The number of carbonyl (C=O) groups is 1.